The van der Waals surface area contributed by atoms with Gasteiger partial charge in [0.05, 0.1) is 0 Å². The molecule has 1 aliphatic carbocycles. The first-order chi connectivity index (χ1) is 7.65. The predicted octanol–water partition coefficient (Wildman–Crippen LogP) is 3.78. The van der Waals surface area contributed by atoms with Gasteiger partial charge >= 0.3 is 0 Å². The van der Waals surface area contributed by atoms with Crippen molar-refractivity contribution in [3.05, 3.63) is 34.4 Å². The Morgan fingerprint density at radius 3 is 2.50 bits per heavy atom. The molecule has 0 N–H and O–H groups in total. The van der Waals surface area contributed by atoms with Crippen LogP contribution in [-0.2, 0) is 0 Å². The molecule has 0 spiro atoms. The molecule has 0 amide bonds. The highest BCUT2D eigenvalue weighted by Crippen LogP contribution is 2.40. The van der Waals surface area contributed by atoms with E-state index >= 15 is 0 Å². The summed E-state index contributed by atoms with van der Waals surface area (Å²) in [5.74, 6) is 0.676. The molecule has 0 aliphatic heterocycles. The SMILES string of the molecule is Cc1nc(Cl)cc2cc(C3CC3)nc(C)c12. The zero-order chi connectivity index (χ0) is 11.3. The van der Waals surface area contributed by atoms with Crippen LogP contribution in [0.1, 0.15) is 35.8 Å². The van der Waals surface area contributed by atoms with E-state index in [-0.39, 0.29) is 0 Å². The van der Waals surface area contributed by atoms with Crippen LogP contribution in [0.25, 0.3) is 10.8 Å². The summed E-state index contributed by atoms with van der Waals surface area (Å²) >= 11 is 5.99. The van der Waals surface area contributed by atoms with Gasteiger partial charge in [-0.2, -0.15) is 0 Å². The summed E-state index contributed by atoms with van der Waals surface area (Å²) in [7, 11) is 0. The van der Waals surface area contributed by atoms with Gasteiger partial charge in [0.15, 0.2) is 0 Å². The van der Waals surface area contributed by atoms with Crippen LogP contribution in [0.4, 0.5) is 0 Å². The van der Waals surface area contributed by atoms with Gasteiger partial charge in [-0.05, 0) is 44.2 Å². The van der Waals surface area contributed by atoms with Gasteiger partial charge in [0.25, 0.3) is 0 Å². The van der Waals surface area contributed by atoms with Crippen LogP contribution >= 0.6 is 11.6 Å². The molecule has 0 radical (unpaired) electrons. The molecule has 82 valence electrons. The Bertz CT molecular complexity index is 574. The van der Waals surface area contributed by atoms with E-state index in [1.165, 1.54) is 23.9 Å². The lowest BCUT2D eigenvalue weighted by atomic mass is 10.1. The number of aryl methyl sites for hydroxylation is 2. The Morgan fingerprint density at radius 2 is 1.81 bits per heavy atom. The van der Waals surface area contributed by atoms with Gasteiger partial charge < -0.3 is 0 Å². The number of nitrogens with zero attached hydrogens (tertiary/aromatic N) is 2. The molecular weight excluding hydrogens is 220 g/mol. The first-order valence-corrected chi connectivity index (χ1v) is 5.97. The maximum atomic E-state index is 5.99. The zero-order valence-corrected chi connectivity index (χ0v) is 10.2. The maximum Gasteiger partial charge on any atom is 0.129 e. The Kier molecular flexibility index (Phi) is 2.15. The van der Waals surface area contributed by atoms with Crippen molar-refractivity contribution < 1.29 is 0 Å². The van der Waals surface area contributed by atoms with Crippen LogP contribution in [0.2, 0.25) is 5.15 Å². The van der Waals surface area contributed by atoms with Gasteiger partial charge in [0.2, 0.25) is 0 Å². The molecule has 2 aromatic rings. The van der Waals surface area contributed by atoms with Gasteiger partial charge in [0, 0.05) is 28.4 Å². The average Bonchev–Trinajstić information content (AvgIpc) is 2.97. The molecule has 2 nitrogen and oxygen atoms in total. The first kappa shape index (κ1) is 10.0. The third-order valence-electron chi connectivity index (χ3n) is 3.16. The number of hydrogen-bond acceptors (Lipinski definition) is 2. The fourth-order valence-electron chi connectivity index (χ4n) is 2.27. The molecule has 3 heteroatoms. The highest BCUT2D eigenvalue weighted by Gasteiger charge is 2.25. The van der Waals surface area contributed by atoms with E-state index in [1.807, 2.05) is 13.0 Å². The Balaban J connectivity index is 2.32. The van der Waals surface area contributed by atoms with Crippen molar-refractivity contribution in [2.75, 3.05) is 0 Å². The number of fused-ring (bicyclic) bond motifs is 1. The number of hydrogen-bond donors (Lipinski definition) is 0. The number of aromatic nitrogens is 2. The lowest BCUT2D eigenvalue weighted by molar-refractivity contribution is 1.00. The molecule has 0 atom stereocenters. The third kappa shape index (κ3) is 1.57. The van der Waals surface area contributed by atoms with Gasteiger partial charge in [0.1, 0.15) is 5.15 Å². The molecule has 0 unspecified atom stereocenters. The van der Waals surface area contributed by atoms with Crippen LogP contribution < -0.4 is 0 Å². The minimum absolute atomic E-state index is 0.567. The summed E-state index contributed by atoms with van der Waals surface area (Å²) in [6.45, 7) is 4.04. The first-order valence-electron chi connectivity index (χ1n) is 5.59. The van der Waals surface area contributed by atoms with E-state index in [1.54, 1.807) is 0 Å². The minimum Gasteiger partial charge on any atom is -0.257 e. The third-order valence-corrected chi connectivity index (χ3v) is 3.35. The summed E-state index contributed by atoms with van der Waals surface area (Å²) in [4.78, 5) is 8.95. The Labute approximate surface area is 99.7 Å². The summed E-state index contributed by atoms with van der Waals surface area (Å²) < 4.78 is 0. The largest absolute Gasteiger partial charge is 0.257 e. The van der Waals surface area contributed by atoms with Crippen molar-refractivity contribution in [3.8, 4) is 0 Å². The maximum absolute atomic E-state index is 5.99. The molecular formula is C13H13ClN2. The lowest BCUT2D eigenvalue weighted by Gasteiger charge is -2.08. The molecule has 0 saturated heterocycles. The quantitative estimate of drug-likeness (QED) is 0.700. The van der Waals surface area contributed by atoms with E-state index in [0.717, 1.165) is 16.8 Å². The van der Waals surface area contributed by atoms with E-state index in [4.69, 9.17) is 11.6 Å². The monoisotopic (exact) mass is 232 g/mol. The van der Waals surface area contributed by atoms with Crippen LogP contribution in [0.15, 0.2) is 12.1 Å². The van der Waals surface area contributed by atoms with Crippen molar-refractivity contribution >= 4 is 22.4 Å². The standard InChI is InChI=1S/C13H13ClN2/c1-7-13-8(2)16-12(14)6-10(13)5-11(15-7)9-3-4-9/h5-6,9H,3-4H2,1-2H3. The second-order valence-electron chi connectivity index (χ2n) is 4.54. The van der Waals surface area contributed by atoms with Crippen molar-refractivity contribution in [3.63, 3.8) is 0 Å². The van der Waals surface area contributed by atoms with Crippen LogP contribution in [-0.4, -0.2) is 9.97 Å². The highest BCUT2D eigenvalue weighted by atomic mass is 35.5. The van der Waals surface area contributed by atoms with E-state index in [0.29, 0.717) is 11.1 Å². The number of pyridine rings is 2. The fraction of sp³-hybridized carbons (Fsp3) is 0.385. The predicted molar refractivity (Wildman–Crippen MR) is 66.0 cm³/mol. The second kappa shape index (κ2) is 3.42. The normalized spacial score (nSPS) is 15.7. The van der Waals surface area contributed by atoms with Crippen LogP contribution in [0.3, 0.4) is 0 Å². The van der Waals surface area contributed by atoms with E-state index in [9.17, 15) is 0 Å². The number of halogens is 1. The molecule has 3 rings (SSSR count). The van der Waals surface area contributed by atoms with Crippen molar-refractivity contribution in [2.24, 2.45) is 0 Å². The topological polar surface area (TPSA) is 25.8 Å². The van der Waals surface area contributed by atoms with Gasteiger partial charge in [-0.3, -0.25) is 4.98 Å². The van der Waals surface area contributed by atoms with Gasteiger partial charge in [-0.25, -0.2) is 4.98 Å². The summed E-state index contributed by atoms with van der Waals surface area (Å²) in [5, 5.41) is 2.89. The summed E-state index contributed by atoms with van der Waals surface area (Å²) in [6.07, 6.45) is 2.55. The van der Waals surface area contributed by atoms with Crippen molar-refractivity contribution in [1.29, 1.82) is 0 Å². The van der Waals surface area contributed by atoms with Crippen molar-refractivity contribution in [1.82, 2.24) is 9.97 Å². The second-order valence-corrected chi connectivity index (χ2v) is 4.92. The molecule has 2 heterocycles. The van der Waals surface area contributed by atoms with Crippen molar-refractivity contribution in [2.45, 2.75) is 32.6 Å². The molecule has 1 saturated carbocycles. The summed E-state index contributed by atoms with van der Waals surface area (Å²) in [6, 6.07) is 4.10. The summed E-state index contributed by atoms with van der Waals surface area (Å²) in [5.41, 5.74) is 3.25. The molecule has 1 aliphatic rings. The minimum atomic E-state index is 0.567. The van der Waals surface area contributed by atoms with E-state index in [2.05, 4.69) is 23.0 Å². The van der Waals surface area contributed by atoms with Crippen LogP contribution in [0.5, 0.6) is 0 Å². The fourth-order valence-corrected chi connectivity index (χ4v) is 2.52. The smallest absolute Gasteiger partial charge is 0.129 e. The molecule has 2 aromatic heterocycles. The molecule has 0 bridgehead atoms. The Hall–Kier alpha value is -1.15. The molecule has 0 aromatic carbocycles. The van der Waals surface area contributed by atoms with Gasteiger partial charge in [-0.1, -0.05) is 11.6 Å². The van der Waals surface area contributed by atoms with Gasteiger partial charge in [-0.15, -0.1) is 0 Å². The van der Waals surface area contributed by atoms with E-state index < -0.39 is 0 Å². The number of rotatable bonds is 1. The Morgan fingerprint density at radius 1 is 1.12 bits per heavy atom. The average molecular weight is 233 g/mol. The highest BCUT2D eigenvalue weighted by molar-refractivity contribution is 6.30. The zero-order valence-electron chi connectivity index (χ0n) is 9.42. The molecule has 16 heavy (non-hydrogen) atoms. The van der Waals surface area contributed by atoms with Crippen LogP contribution in [0, 0.1) is 13.8 Å². The molecule has 1 fully saturated rings. The lowest BCUT2D eigenvalue weighted by Crippen LogP contribution is -1.95.